The van der Waals surface area contributed by atoms with E-state index in [0.717, 1.165) is 18.3 Å². The molecule has 0 aliphatic carbocycles. The quantitative estimate of drug-likeness (QED) is 0.707. The lowest BCUT2D eigenvalue weighted by molar-refractivity contribution is -0.141. The van der Waals surface area contributed by atoms with Gasteiger partial charge in [0.05, 0.1) is 11.8 Å². The summed E-state index contributed by atoms with van der Waals surface area (Å²) < 4.78 is 48.4. The fraction of sp³-hybridized carbons (Fsp3) is 0.133. The molecule has 2 heterocycles. The van der Waals surface area contributed by atoms with Crippen LogP contribution in [-0.4, -0.2) is 9.97 Å². The normalized spacial score (nSPS) is 11.4. The Morgan fingerprint density at radius 3 is 2.61 bits per heavy atom. The van der Waals surface area contributed by atoms with Crippen molar-refractivity contribution < 1.29 is 22.3 Å². The molecule has 0 spiro atoms. The smallest absolute Gasteiger partial charge is 0.433 e. The lowest BCUT2D eigenvalue weighted by atomic mass is 10.2. The maximum atomic E-state index is 12.5. The van der Waals surface area contributed by atoms with E-state index >= 15 is 0 Å². The molecule has 0 atom stereocenters. The van der Waals surface area contributed by atoms with E-state index < -0.39 is 11.9 Å². The third-order valence-electron chi connectivity index (χ3n) is 2.99. The van der Waals surface area contributed by atoms with E-state index in [9.17, 15) is 13.2 Å². The van der Waals surface area contributed by atoms with Crippen LogP contribution < -0.4 is 4.74 Å². The van der Waals surface area contributed by atoms with Crippen LogP contribution in [0.4, 0.5) is 13.2 Å². The van der Waals surface area contributed by atoms with E-state index in [-0.39, 0.29) is 17.1 Å². The summed E-state index contributed by atoms with van der Waals surface area (Å²) in [5, 5.41) is 9.04. The van der Waals surface area contributed by atoms with Crippen LogP contribution in [0, 0.1) is 18.3 Å². The van der Waals surface area contributed by atoms with E-state index in [0.29, 0.717) is 17.0 Å². The average Bonchev–Trinajstić information content (AvgIpc) is 2.89. The number of hydrogen-bond acceptors (Lipinski definition) is 5. The van der Waals surface area contributed by atoms with Gasteiger partial charge in [-0.25, -0.2) is 9.97 Å². The molecule has 0 saturated heterocycles. The molecule has 0 amide bonds. The molecule has 3 rings (SSSR count). The summed E-state index contributed by atoms with van der Waals surface area (Å²) in [5.41, 5.74) is -0.108. The number of hydrogen-bond donors (Lipinski definition) is 0. The first-order valence-corrected chi connectivity index (χ1v) is 6.40. The van der Waals surface area contributed by atoms with Crippen LogP contribution in [0.2, 0.25) is 0 Å². The van der Waals surface area contributed by atoms with E-state index in [1.54, 1.807) is 6.92 Å². The molecule has 2 aromatic heterocycles. The summed E-state index contributed by atoms with van der Waals surface area (Å²) in [4.78, 5) is 7.42. The van der Waals surface area contributed by atoms with Crippen LogP contribution in [0.25, 0.3) is 11.1 Å². The zero-order valence-electron chi connectivity index (χ0n) is 11.7. The molecule has 0 unspecified atom stereocenters. The molecule has 116 valence electrons. The van der Waals surface area contributed by atoms with Gasteiger partial charge in [-0.15, -0.1) is 0 Å². The first kappa shape index (κ1) is 14.8. The molecule has 0 aliphatic heterocycles. The molecular formula is C15H8F3N3O2. The topological polar surface area (TPSA) is 71.9 Å². The Bertz CT molecular complexity index is 909. The Labute approximate surface area is 128 Å². The van der Waals surface area contributed by atoms with Crippen molar-refractivity contribution in [2.45, 2.75) is 13.1 Å². The SMILES string of the molecule is Cc1nc2c(C#N)ccc(Oc3ccc(C(F)(F)F)nc3)c2o1. The number of alkyl halides is 3. The van der Waals surface area contributed by atoms with Crippen molar-refractivity contribution >= 4 is 11.1 Å². The van der Waals surface area contributed by atoms with E-state index in [1.807, 2.05) is 6.07 Å². The molecule has 0 N–H and O–H groups in total. The lowest BCUT2D eigenvalue weighted by Crippen LogP contribution is -2.07. The predicted molar refractivity (Wildman–Crippen MR) is 72.8 cm³/mol. The second-order valence-electron chi connectivity index (χ2n) is 4.61. The highest BCUT2D eigenvalue weighted by molar-refractivity contribution is 5.85. The summed E-state index contributed by atoms with van der Waals surface area (Å²) in [6.07, 6.45) is -3.54. The minimum atomic E-state index is -4.51. The van der Waals surface area contributed by atoms with Gasteiger partial charge in [0.1, 0.15) is 23.0 Å². The number of pyridine rings is 1. The Morgan fingerprint density at radius 2 is 2.00 bits per heavy atom. The molecule has 0 fully saturated rings. The zero-order chi connectivity index (χ0) is 16.6. The van der Waals surface area contributed by atoms with Crippen LogP contribution in [-0.2, 0) is 6.18 Å². The van der Waals surface area contributed by atoms with Gasteiger partial charge in [-0.05, 0) is 24.3 Å². The third kappa shape index (κ3) is 2.81. The monoisotopic (exact) mass is 319 g/mol. The highest BCUT2D eigenvalue weighted by atomic mass is 19.4. The third-order valence-corrected chi connectivity index (χ3v) is 2.99. The fourth-order valence-electron chi connectivity index (χ4n) is 2.00. The largest absolute Gasteiger partial charge is 0.452 e. The van der Waals surface area contributed by atoms with Crippen LogP contribution in [0.3, 0.4) is 0 Å². The Hall–Kier alpha value is -3.08. The van der Waals surface area contributed by atoms with Crippen molar-refractivity contribution in [3.05, 3.63) is 47.6 Å². The first-order chi connectivity index (χ1) is 10.9. The van der Waals surface area contributed by atoms with Crippen LogP contribution in [0.5, 0.6) is 11.5 Å². The molecule has 8 heteroatoms. The van der Waals surface area contributed by atoms with Gasteiger partial charge in [-0.3, -0.25) is 0 Å². The summed E-state index contributed by atoms with van der Waals surface area (Å²) in [6, 6.07) is 6.95. The number of aryl methyl sites for hydroxylation is 1. The summed E-state index contributed by atoms with van der Waals surface area (Å²) in [7, 11) is 0. The highest BCUT2D eigenvalue weighted by Crippen LogP contribution is 2.33. The van der Waals surface area contributed by atoms with Crippen LogP contribution in [0.15, 0.2) is 34.9 Å². The van der Waals surface area contributed by atoms with Gasteiger partial charge >= 0.3 is 6.18 Å². The molecule has 0 radical (unpaired) electrons. The lowest BCUT2D eigenvalue weighted by Gasteiger charge is -2.08. The van der Waals surface area contributed by atoms with E-state index in [1.165, 1.54) is 12.1 Å². The number of nitrogens with zero attached hydrogens (tertiary/aromatic N) is 3. The van der Waals surface area contributed by atoms with Crippen molar-refractivity contribution in [2.75, 3.05) is 0 Å². The average molecular weight is 319 g/mol. The Balaban J connectivity index is 1.98. The Morgan fingerprint density at radius 1 is 1.22 bits per heavy atom. The molecule has 0 bridgehead atoms. The van der Waals surface area contributed by atoms with Gasteiger partial charge in [0.15, 0.2) is 17.2 Å². The van der Waals surface area contributed by atoms with Crippen molar-refractivity contribution in [2.24, 2.45) is 0 Å². The van der Waals surface area contributed by atoms with Gasteiger partial charge in [0.25, 0.3) is 0 Å². The van der Waals surface area contributed by atoms with Crippen LogP contribution in [0.1, 0.15) is 17.1 Å². The first-order valence-electron chi connectivity index (χ1n) is 6.40. The number of ether oxygens (including phenoxy) is 1. The summed E-state index contributed by atoms with van der Waals surface area (Å²) in [5.74, 6) is 0.692. The highest BCUT2D eigenvalue weighted by Gasteiger charge is 2.32. The van der Waals surface area contributed by atoms with Crippen molar-refractivity contribution in [3.63, 3.8) is 0 Å². The second kappa shape index (κ2) is 5.28. The number of benzene rings is 1. The van der Waals surface area contributed by atoms with Crippen LogP contribution >= 0.6 is 0 Å². The Kier molecular flexibility index (Phi) is 3.41. The molecule has 1 aromatic carbocycles. The van der Waals surface area contributed by atoms with Gasteiger partial charge in [-0.1, -0.05) is 0 Å². The molecule has 0 saturated carbocycles. The summed E-state index contributed by atoms with van der Waals surface area (Å²) >= 11 is 0. The second-order valence-corrected chi connectivity index (χ2v) is 4.61. The zero-order valence-corrected chi connectivity index (χ0v) is 11.7. The maximum Gasteiger partial charge on any atom is 0.433 e. The number of halogens is 3. The minimum absolute atomic E-state index is 0.109. The minimum Gasteiger partial charge on any atom is -0.452 e. The number of aromatic nitrogens is 2. The number of nitriles is 1. The number of rotatable bonds is 2. The van der Waals surface area contributed by atoms with Crippen molar-refractivity contribution in [1.82, 2.24) is 9.97 Å². The summed E-state index contributed by atoms with van der Waals surface area (Å²) in [6.45, 7) is 1.62. The fourth-order valence-corrected chi connectivity index (χ4v) is 2.00. The van der Waals surface area contributed by atoms with Crippen molar-refractivity contribution in [3.8, 4) is 17.6 Å². The van der Waals surface area contributed by atoms with Crippen molar-refractivity contribution in [1.29, 1.82) is 5.26 Å². The molecule has 0 aliphatic rings. The molecule has 23 heavy (non-hydrogen) atoms. The number of fused-ring (bicyclic) bond motifs is 1. The van der Waals surface area contributed by atoms with E-state index in [2.05, 4.69) is 9.97 Å². The van der Waals surface area contributed by atoms with Gasteiger partial charge in [0.2, 0.25) is 0 Å². The molecule has 3 aromatic rings. The standard InChI is InChI=1S/C15H8F3N3O2/c1-8-21-13-9(6-19)2-4-11(14(13)22-8)23-10-3-5-12(20-7-10)15(16,17)18/h2-5,7H,1H3. The predicted octanol–water partition coefficient (Wildman–Crippen LogP) is 4.21. The van der Waals surface area contributed by atoms with E-state index in [4.69, 9.17) is 14.4 Å². The van der Waals surface area contributed by atoms with Gasteiger partial charge < -0.3 is 9.15 Å². The number of oxazole rings is 1. The molecule has 5 nitrogen and oxygen atoms in total. The maximum absolute atomic E-state index is 12.5. The van der Waals surface area contributed by atoms with Gasteiger partial charge in [-0.2, -0.15) is 18.4 Å². The molecular weight excluding hydrogens is 311 g/mol. The van der Waals surface area contributed by atoms with Gasteiger partial charge in [0, 0.05) is 6.92 Å².